The van der Waals surface area contributed by atoms with Gasteiger partial charge in [0.1, 0.15) is 0 Å². The molecule has 128 valence electrons. The third-order valence-corrected chi connectivity index (χ3v) is 3.61. The van der Waals surface area contributed by atoms with E-state index in [4.69, 9.17) is 9.47 Å². The molecule has 24 heavy (non-hydrogen) atoms. The van der Waals surface area contributed by atoms with Crippen LogP contribution >= 0.6 is 0 Å². The molecule has 1 atom stereocenters. The maximum absolute atomic E-state index is 9.55. The minimum atomic E-state index is -0.333. The molecular formula is C20H25NO3. The Morgan fingerprint density at radius 1 is 0.917 bits per heavy atom. The summed E-state index contributed by atoms with van der Waals surface area (Å²) in [4.78, 5) is 4.49. The predicted octanol–water partition coefficient (Wildman–Crippen LogP) is 3.91. The first-order chi connectivity index (χ1) is 11.8. The molecule has 0 spiro atoms. The molecule has 0 saturated heterocycles. The van der Waals surface area contributed by atoms with Crippen molar-refractivity contribution in [1.82, 2.24) is 0 Å². The SMILES string of the molecule is CCOC(OCC)c1ccc(/C=N\[C@@H](CO)c2ccccc2)cc1. The second-order valence-corrected chi connectivity index (χ2v) is 5.30. The Labute approximate surface area is 143 Å². The van der Waals surface area contributed by atoms with E-state index in [1.807, 2.05) is 68.4 Å². The molecule has 1 N–H and O–H groups in total. The van der Waals surface area contributed by atoms with Crippen LogP contribution in [0.3, 0.4) is 0 Å². The van der Waals surface area contributed by atoms with Gasteiger partial charge in [0.05, 0.1) is 12.6 Å². The van der Waals surface area contributed by atoms with E-state index in [0.29, 0.717) is 13.2 Å². The lowest BCUT2D eigenvalue weighted by Gasteiger charge is -2.17. The number of aliphatic hydroxyl groups is 1. The fourth-order valence-corrected chi connectivity index (χ4v) is 2.37. The highest BCUT2D eigenvalue weighted by molar-refractivity contribution is 5.79. The van der Waals surface area contributed by atoms with Crippen LogP contribution in [0.25, 0.3) is 0 Å². The number of hydrogen-bond acceptors (Lipinski definition) is 4. The van der Waals surface area contributed by atoms with Crippen LogP contribution in [0, 0.1) is 0 Å². The van der Waals surface area contributed by atoms with E-state index in [1.165, 1.54) is 0 Å². The summed E-state index contributed by atoms with van der Waals surface area (Å²) in [5.41, 5.74) is 2.96. The highest BCUT2D eigenvalue weighted by Crippen LogP contribution is 2.20. The van der Waals surface area contributed by atoms with Crippen molar-refractivity contribution in [1.29, 1.82) is 0 Å². The summed E-state index contributed by atoms with van der Waals surface area (Å²) in [5, 5.41) is 9.55. The van der Waals surface area contributed by atoms with Crippen molar-refractivity contribution in [2.75, 3.05) is 19.8 Å². The zero-order chi connectivity index (χ0) is 17.2. The zero-order valence-electron chi connectivity index (χ0n) is 14.3. The van der Waals surface area contributed by atoms with Crippen molar-refractivity contribution < 1.29 is 14.6 Å². The smallest absolute Gasteiger partial charge is 0.183 e. The normalized spacial score (nSPS) is 12.8. The summed E-state index contributed by atoms with van der Waals surface area (Å²) < 4.78 is 11.2. The third-order valence-electron chi connectivity index (χ3n) is 3.61. The molecule has 4 heteroatoms. The van der Waals surface area contributed by atoms with E-state index >= 15 is 0 Å². The van der Waals surface area contributed by atoms with Gasteiger partial charge in [0.2, 0.25) is 0 Å². The monoisotopic (exact) mass is 327 g/mol. The fraction of sp³-hybridized carbons (Fsp3) is 0.350. The van der Waals surface area contributed by atoms with Crippen molar-refractivity contribution in [3.8, 4) is 0 Å². The minimum absolute atomic E-state index is 0.0185. The Bertz CT molecular complexity index is 605. The molecule has 0 heterocycles. The molecule has 4 nitrogen and oxygen atoms in total. The van der Waals surface area contributed by atoms with E-state index in [0.717, 1.165) is 16.7 Å². The lowest BCUT2D eigenvalue weighted by Crippen LogP contribution is -2.08. The summed E-state index contributed by atoms with van der Waals surface area (Å²) in [6, 6.07) is 17.5. The molecule has 2 aromatic rings. The molecule has 0 aliphatic carbocycles. The molecule has 0 aliphatic rings. The Morgan fingerprint density at radius 3 is 2.08 bits per heavy atom. The lowest BCUT2D eigenvalue weighted by molar-refractivity contribution is -0.140. The summed E-state index contributed by atoms with van der Waals surface area (Å²) in [7, 11) is 0. The number of aliphatic hydroxyl groups excluding tert-OH is 1. The summed E-state index contributed by atoms with van der Waals surface area (Å²) in [6.07, 6.45) is 1.45. The minimum Gasteiger partial charge on any atom is -0.394 e. The molecule has 0 unspecified atom stereocenters. The van der Waals surface area contributed by atoms with Crippen LogP contribution in [0.1, 0.15) is 42.9 Å². The second kappa shape index (κ2) is 9.98. The van der Waals surface area contributed by atoms with Gasteiger partial charge in [0, 0.05) is 25.0 Å². The van der Waals surface area contributed by atoms with E-state index in [-0.39, 0.29) is 18.9 Å². The van der Waals surface area contributed by atoms with Crippen LogP contribution < -0.4 is 0 Å². The number of ether oxygens (including phenoxy) is 2. The standard InChI is InChI=1S/C20H25NO3/c1-3-23-20(24-4-2)18-12-10-16(11-13-18)14-21-19(15-22)17-8-6-5-7-9-17/h5-14,19-20,22H,3-4,15H2,1-2H3/b21-14-/t19-/m0/s1. The molecule has 0 bridgehead atoms. The van der Waals surface area contributed by atoms with Crippen LogP contribution in [0.4, 0.5) is 0 Å². The van der Waals surface area contributed by atoms with Gasteiger partial charge in [-0.1, -0.05) is 54.6 Å². The largest absolute Gasteiger partial charge is 0.394 e. The highest BCUT2D eigenvalue weighted by Gasteiger charge is 2.11. The molecule has 2 aromatic carbocycles. The molecule has 0 saturated carbocycles. The molecular weight excluding hydrogens is 302 g/mol. The van der Waals surface area contributed by atoms with E-state index in [1.54, 1.807) is 6.21 Å². The Kier molecular flexibility index (Phi) is 7.62. The molecule has 0 aromatic heterocycles. The maximum atomic E-state index is 9.55. The van der Waals surface area contributed by atoms with Crippen molar-refractivity contribution >= 4 is 6.21 Å². The summed E-state index contributed by atoms with van der Waals surface area (Å²) in [5.74, 6) is 0. The van der Waals surface area contributed by atoms with Crippen LogP contribution in [-0.4, -0.2) is 31.1 Å². The van der Waals surface area contributed by atoms with Crippen molar-refractivity contribution in [2.24, 2.45) is 4.99 Å². The third kappa shape index (κ3) is 5.27. The first-order valence-corrected chi connectivity index (χ1v) is 8.30. The number of rotatable bonds is 9. The van der Waals surface area contributed by atoms with Gasteiger partial charge in [-0.25, -0.2) is 0 Å². The Balaban J connectivity index is 2.07. The molecule has 0 amide bonds. The maximum Gasteiger partial charge on any atom is 0.183 e. The highest BCUT2D eigenvalue weighted by atomic mass is 16.7. The van der Waals surface area contributed by atoms with Gasteiger partial charge in [-0.3, -0.25) is 4.99 Å². The lowest BCUT2D eigenvalue weighted by atomic mass is 10.1. The van der Waals surface area contributed by atoms with Crippen molar-refractivity contribution in [2.45, 2.75) is 26.2 Å². The van der Waals surface area contributed by atoms with Crippen LogP contribution in [0.15, 0.2) is 59.6 Å². The number of hydrogen-bond donors (Lipinski definition) is 1. The predicted molar refractivity (Wildman–Crippen MR) is 96.3 cm³/mol. The van der Waals surface area contributed by atoms with E-state index in [2.05, 4.69) is 4.99 Å². The van der Waals surface area contributed by atoms with Crippen LogP contribution in [-0.2, 0) is 9.47 Å². The number of benzene rings is 2. The average molecular weight is 327 g/mol. The van der Waals surface area contributed by atoms with Gasteiger partial charge < -0.3 is 14.6 Å². The average Bonchev–Trinajstić information content (AvgIpc) is 2.63. The van der Waals surface area contributed by atoms with Gasteiger partial charge in [-0.2, -0.15) is 0 Å². The summed E-state index contributed by atoms with van der Waals surface area (Å²) in [6.45, 7) is 5.08. The zero-order valence-corrected chi connectivity index (χ0v) is 14.3. The fourth-order valence-electron chi connectivity index (χ4n) is 2.37. The summed E-state index contributed by atoms with van der Waals surface area (Å²) >= 11 is 0. The molecule has 2 rings (SSSR count). The van der Waals surface area contributed by atoms with Gasteiger partial charge >= 0.3 is 0 Å². The number of nitrogens with zero attached hydrogens (tertiary/aromatic N) is 1. The topological polar surface area (TPSA) is 51.0 Å². The van der Waals surface area contributed by atoms with Gasteiger partial charge in [-0.05, 0) is 25.0 Å². The van der Waals surface area contributed by atoms with Gasteiger partial charge in [0.25, 0.3) is 0 Å². The van der Waals surface area contributed by atoms with E-state index in [9.17, 15) is 5.11 Å². The quantitative estimate of drug-likeness (QED) is 0.561. The van der Waals surface area contributed by atoms with Crippen LogP contribution in [0.2, 0.25) is 0 Å². The molecule has 0 aliphatic heterocycles. The molecule has 0 fully saturated rings. The van der Waals surface area contributed by atoms with Crippen molar-refractivity contribution in [3.63, 3.8) is 0 Å². The van der Waals surface area contributed by atoms with Crippen molar-refractivity contribution in [3.05, 3.63) is 71.3 Å². The van der Waals surface area contributed by atoms with Gasteiger partial charge in [-0.15, -0.1) is 0 Å². The Morgan fingerprint density at radius 2 is 1.54 bits per heavy atom. The first-order valence-electron chi connectivity index (χ1n) is 8.30. The van der Waals surface area contributed by atoms with Crippen LogP contribution in [0.5, 0.6) is 0 Å². The van der Waals surface area contributed by atoms with E-state index < -0.39 is 0 Å². The molecule has 0 radical (unpaired) electrons. The first kappa shape index (κ1) is 18.3. The van der Waals surface area contributed by atoms with Gasteiger partial charge in [0.15, 0.2) is 6.29 Å². The second-order valence-electron chi connectivity index (χ2n) is 5.30. The Hall–Kier alpha value is -2.01. The number of aliphatic imine (C=N–C) groups is 1.